The number of hydrogen-bond acceptors (Lipinski definition) is 4. The zero-order chi connectivity index (χ0) is 7.28. The maximum Gasteiger partial charge on any atom is 0.362 e. The highest BCUT2D eigenvalue weighted by Crippen LogP contribution is 1.89. The van der Waals surface area contributed by atoms with Gasteiger partial charge in [0.2, 0.25) is 0 Å². The van der Waals surface area contributed by atoms with Crippen LogP contribution in [-0.4, -0.2) is 5.97 Å². The Morgan fingerprint density at radius 3 is 2.44 bits per heavy atom. The van der Waals surface area contributed by atoms with Gasteiger partial charge in [0, 0.05) is 6.08 Å². The summed E-state index contributed by atoms with van der Waals surface area (Å²) in [6, 6.07) is 0. The van der Waals surface area contributed by atoms with E-state index in [1.807, 2.05) is 5.34 Å². The molecule has 0 spiro atoms. The van der Waals surface area contributed by atoms with Gasteiger partial charge in [-0.25, -0.2) is 4.79 Å². The summed E-state index contributed by atoms with van der Waals surface area (Å²) in [6.07, 6.45) is 1.18. The van der Waals surface area contributed by atoms with Crippen molar-refractivity contribution in [3.63, 3.8) is 0 Å². The summed E-state index contributed by atoms with van der Waals surface area (Å²) in [5, 5.41) is 1.94. The molecular weight excluding hydrogens is 122 g/mol. The van der Waals surface area contributed by atoms with E-state index in [1.165, 1.54) is 6.08 Å². The Balaban J connectivity index is 3.76. The molecule has 0 aromatic rings. The Hall–Kier alpha value is -1.19. The van der Waals surface area contributed by atoms with E-state index in [0.717, 1.165) is 5.57 Å². The molecule has 0 saturated heterocycles. The van der Waals surface area contributed by atoms with Gasteiger partial charge in [0.25, 0.3) is 0 Å². The first-order valence-corrected chi connectivity index (χ1v) is 2.35. The van der Waals surface area contributed by atoms with Crippen molar-refractivity contribution in [2.45, 2.75) is 13.8 Å². The fourth-order valence-corrected chi connectivity index (χ4v) is 0.299. The van der Waals surface area contributed by atoms with Crippen molar-refractivity contribution in [1.29, 1.82) is 0 Å². The van der Waals surface area contributed by atoms with Crippen LogP contribution in [0.5, 0.6) is 0 Å². The van der Waals surface area contributed by atoms with Gasteiger partial charge in [-0.15, -0.1) is 4.91 Å². The summed E-state index contributed by atoms with van der Waals surface area (Å²) in [4.78, 5) is 23.2. The molecule has 0 aromatic heterocycles. The molecule has 0 aliphatic heterocycles. The van der Waals surface area contributed by atoms with Crippen LogP contribution in [0.2, 0.25) is 0 Å². The zero-order valence-corrected chi connectivity index (χ0v) is 5.25. The monoisotopic (exact) mass is 129 g/mol. The lowest BCUT2D eigenvalue weighted by molar-refractivity contribution is -0.138. The molecule has 4 nitrogen and oxygen atoms in total. The minimum absolute atomic E-state index is 0.731. The topological polar surface area (TPSA) is 55.7 Å². The molecule has 0 rings (SSSR count). The average molecular weight is 129 g/mol. The van der Waals surface area contributed by atoms with Crippen LogP contribution in [0, 0.1) is 4.91 Å². The molecule has 0 atom stereocenters. The van der Waals surface area contributed by atoms with Gasteiger partial charge in [0.15, 0.2) is 5.34 Å². The molecule has 0 aliphatic carbocycles. The van der Waals surface area contributed by atoms with Crippen LogP contribution in [0.3, 0.4) is 0 Å². The Bertz CT molecular complexity index is 146. The number of hydrogen-bond donors (Lipinski definition) is 0. The molecule has 0 radical (unpaired) electrons. The van der Waals surface area contributed by atoms with Gasteiger partial charge in [-0.05, 0) is 13.8 Å². The molecule has 9 heavy (non-hydrogen) atoms. The van der Waals surface area contributed by atoms with Crippen molar-refractivity contribution in [3.8, 4) is 0 Å². The third kappa shape index (κ3) is 4.67. The van der Waals surface area contributed by atoms with Crippen molar-refractivity contribution < 1.29 is 9.63 Å². The smallest absolute Gasteiger partial charge is 0.280 e. The predicted molar refractivity (Wildman–Crippen MR) is 31.3 cm³/mol. The molecule has 0 aliphatic rings. The Morgan fingerprint density at radius 1 is 1.56 bits per heavy atom. The minimum Gasteiger partial charge on any atom is -0.280 e. The van der Waals surface area contributed by atoms with Crippen molar-refractivity contribution >= 4 is 5.97 Å². The van der Waals surface area contributed by atoms with Gasteiger partial charge in [-0.2, -0.15) is 0 Å². The van der Waals surface area contributed by atoms with Crippen LogP contribution in [0.1, 0.15) is 13.8 Å². The van der Waals surface area contributed by atoms with Crippen LogP contribution in [0.25, 0.3) is 0 Å². The van der Waals surface area contributed by atoms with E-state index in [2.05, 4.69) is 4.84 Å². The summed E-state index contributed by atoms with van der Waals surface area (Å²) >= 11 is 0. The second kappa shape index (κ2) is 3.77. The first-order chi connectivity index (χ1) is 4.16. The Labute approximate surface area is 52.4 Å². The van der Waals surface area contributed by atoms with E-state index in [-0.39, 0.29) is 0 Å². The molecule has 0 bridgehead atoms. The number of rotatable bonds is 2. The second-order valence-electron chi connectivity index (χ2n) is 1.71. The van der Waals surface area contributed by atoms with Crippen molar-refractivity contribution in [2.24, 2.45) is 5.34 Å². The molecule has 0 amide bonds. The number of nitrogens with zero attached hydrogens (tertiary/aromatic N) is 1. The maximum absolute atomic E-state index is 10.3. The van der Waals surface area contributed by atoms with E-state index < -0.39 is 5.97 Å². The van der Waals surface area contributed by atoms with Crippen molar-refractivity contribution in [2.75, 3.05) is 0 Å². The average Bonchev–Trinajstić information content (AvgIpc) is 1.63. The van der Waals surface area contributed by atoms with Crippen LogP contribution in [-0.2, 0) is 9.63 Å². The number of allylic oxidation sites excluding steroid dienone is 1. The summed E-state index contributed by atoms with van der Waals surface area (Å²) < 4.78 is 0. The van der Waals surface area contributed by atoms with Gasteiger partial charge < -0.3 is 0 Å². The SMILES string of the molecule is CC(C)=CC(=O)ON=O. The molecule has 0 heterocycles. The highest BCUT2D eigenvalue weighted by molar-refractivity contribution is 5.82. The van der Waals surface area contributed by atoms with E-state index in [0.29, 0.717) is 0 Å². The Morgan fingerprint density at radius 2 is 2.11 bits per heavy atom. The predicted octanol–water partition coefficient (Wildman–Crippen LogP) is 1.18. The van der Waals surface area contributed by atoms with Gasteiger partial charge in [0.1, 0.15) is 0 Å². The van der Waals surface area contributed by atoms with Crippen LogP contribution >= 0.6 is 0 Å². The third-order valence-corrected chi connectivity index (χ3v) is 0.534. The number of carbonyl (C=O) groups excluding carboxylic acids is 1. The summed E-state index contributed by atoms with van der Waals surface area (Å²) in [5.41, 5.74) is 0.767. The fraction of sp³-hybridized carbons (Fsp3) is 0.400. The summed E-state index contributed by atoms with van der Waals surface area (Å²) in [5.74, 6) is -0.731. The molecule has 0 fully saturated rings. The van der Waals surface area contributed by atoms with Crippen LogP contribution < -0.4 is 0 Å². The quantitative estimate of drug-likeness (QED) is 0.319. The van der Waals surface area contributed by atoms with E-state index in [9.17, 15) is 9.70 Å². The highest BCUT2D eigenvalue weighted by atomic mass is 16.7. The summed E-state index contributed by atoms with van der Waals surface area (Å²) in [6.45, 7) is 3.43. The van der Waals surface area contributed by atoms with Gasteiger partial charge in [-0.3, -0.25) is 4.84 Å². The summed E-state index contributed by atoms with van der Waals surface area (Å²) in [7, 11) is 0. The van der Waals surface area contributed by atoms with E-state index >= 15 is 0 Å². The second-order valence-corrected chi connectivity index (χ2v) is 1.71. The molecule has 0 unspecified atom stereocenters. The van der Waals surface area contributed by atoms with E-state index in [4.69, 9.17) is 0 Å². The van der Waals surface area contributed by atoms with Gasteiger partial charge in [-0.1, -0.05) is 5.57 Å². The minimum atomic E-state index is -0.731. The highest BCUT2D eigenvalue weighted by Gasteiger charge is 1.94. The van der Waals surface area contributed by atoms with Crippen molar-refractivity contribution in [1.82, 2.24) is 0 Å². The standard InChI is InChI=1S/C5H7NO3/c1-4(2)3-5(7)9-6-8/h3H,1-2H3. The first kappa shape index (κ1) is 7.81. The van der Waals surface area contributed by atoms with E-state index in [1.54, 1.807) is 13.8 Å². The molecule has 0 saturated carbocycles. The molecular formula is C5H7NO3. The van der Waals surface area contributed by atoms with Crippen LogP contribution in [0.4, 0.5) is 0 Å². The Kier molecular flexibility index (Phi) is 3.27. The number of carbonyl (C=O) groups is 1. The molecule has 0 aromatic carbocycles. The van der Waals surface area contributed by atoms with Crippen LogP contribution in [0.15, 0.2) is 17.0 Å². The lowest BCUT2D eigenvalue weighted by Gasteiger charge is -1.85. The maximum atomic E-state index is 10.3. The third-order valence-electron chi connectivity index (χ3n) is 0.534. The first-order valence-electron chi connectivity index (χ1n) is 2.35. The molecule has 0 N–H and O–H groups in total. The normalized spacial score (nSPS) is 7.78. The zero-order valence-electron chi connectivity index (χ0n) is 5.25. The largest absolute Gasteiger partial charge is 0.362 e. The lowest BCUT2D eigenvalue weighted by atomic mass is 10.3. The fourth-order valence-electron chi connectivity index (χ4n) is 0.299. The van der Waals surface area contributed by atoms with Gasteiger partial charge in [0.05, 0.1) is 0 Å². The molecule has 4 heteroatoms. The van der Waals surface area contributed by atoms with Crippen molar-refractivity contribution in [3.05, 3.63) is 16.6 Å². The lowest BCUT2D eigenvalue weighted by Crippen LogP contribution is -1.93. The molecule has 50 valence electrons. The van der Waals surface area contributed by atoms with Gasteiger partial charge >= 0.3 is 5.97 Å².